The van der Waals surface area contributed by atoms with E-state index in [1.54, 1.807) is 13.0 Å². The van der Waals surface area contributed by atoms with E-state index in [2.05, 4.69) is 41.2 Å². The van der Waals surface area contributed by atoms with Crippen LogP contribution >= 0.6 is 0 Å². The van der Waals surface area contributed by atoms with Crippen molar-refractivity contribution in [3.05, 3.63) is 82.9 Å². The number of carbonyl (C=O) groups is 3. The molecule has 0 aliphatic rings. The fraction of sp³-hybridized carbons (Fsp3) is 0.564. The lowest BCUT2D eigenvalue weighted by molar-refractivity contribution is -0.110. The van der Waals surface area contributed by atoms with Gasteiger partial charge in [0.15, 0.2) is 5.78 Å². The third-order valence-corrected chi connectivity index (χ3v) is 4.53. The Kier molecular flexibility index (Phi) is 63.6. The van der Waals surface area contributed by atoms with Gasteiger partial charge in [-0.15, -0.1) is 0 Å². The summed E-state index contributed by atoms with van der Waals surface area (Å²) < 4.78 is 0. The Labute approximate surface area is 269 Å². The minimum absolute atomic E-state index is 0.128. The molecule has 0 fully saturated rings. The molecule has 0 aromatic heterocycles. The Morgan fingerprint density at radius 1 is 0.791 bits per heavy atom. The highest BCUT2D eigenvalue weighted by Gasteiger charge is 1.96. The van der Waals surface area contributed by atoms with Crippen LogP contribution in [0.5, 0.6) is 0 Å². The molecule has 0 saturated carbocycles. The molecular weight excluding hydrogens is 532 g/mol. The van der Waals surface area contributed by atoms with Gasteiger partial charge in [-0.2, -0.15) is 0 Å². The zero-order chi connectivity index (χ0) is 35.8. The van der Waals surface area contributed by atoms with Crippen LogP contribution in [0.4, 0.5) is 0 Å². The molecule has 0 spiro atoms. The number of allylic oxidation sites excluding steroid dienone is 1. The summed E-state index contributed by atoms with van der Waals surface area (Å²) in [5, 5.41) is 7.51. The van der Waals surface area contributed by atoms with E-state index in [0.717, 1.165) is 34.5 Å². The van der Waals surface area contributed by atoms with E-state index in [0.29, 0.717) is 12.2 Å². The van der Waals surface area contributed by atoms with Crippen molar-refractivity contribution in [2.24, 2.45) is 11.8 Å². The standard InChI is InChI=1S/C9H10O.C8H8O.C6H12.C6H14.C2H4O2.4C2H6/c1-7-4-3-5-9(6-7)8(2)10;1-7-3-2-4-8(5-7)6-9;1-5(2)6(3)4;1-4-5-6(2)3;3-1-2-4;4*1-2/h3-6H,1-2H3;2-6H,1H3;6H,1H2,2-4H3;6H,4-5H2,1-3H3;1,4H,2H2;4*1-2H3. The Bertz CT molecular complexity index is 837. The van der Waals surface area contributed by atoms with Gasteiger partial charge >= 0.3 is 0 Å². The summed E-state index contributed by atoms with van der Waals surface area (Å²) in [5.41, 5.74) is 5.05. The SMILES string of the molecule is C=C(C)C(C)C.CC.CC.CC.CC.CC(=O)c1cccc(C)c1.CCCC(C)C.Cc1cccc(C=O)c1.O=CCO. The number of aliphatic hydroxyl groups excluding tert-OH is 1. The van der Waals surface area contributed by atoms with Crippen LogP contribution in [-0.2, 0) is 4.79 Å². The van der Waals surface area contributed by atoms with Crippen molar-refractivity contribution in [1.82, 2.24) is 0 Å². The fourth-order valence-corrected chi connectivity index (χ4v) is 2.18. The molecule has 0 heterocycles. The van der Waals surface area contributed by atoms with E-state index >= 15 is 0 Å². The van der Waals surface area contributed by atoms with Crippen LogP contribution in [0.15, 0.2) is 60.7 Å². The molecule has 0 unspecified atom stereocenters. The highest BCUT2D eigenvalue weighted by Crippen LogP contribution is 2.04. The summed E-state index contributed by atoms with van der Waals surface area (Å²) in [7, 11) is 0. The van der Waals surface area contributed by atoms with E-state index < -0.39 is 0 Å². The number of rotatable bonds is 6. The zero-order valence-corrected chi connectivity index (χ0v) is 31.4. The Morgan fingerprint density at radius 2 is 1.16 bits per heavy atom. The molecule has 252 valence electrons. The topological polar surface area (TPSA) is 71.4 Å². The van der Waals surface area contributed by atoms with Gasteiger partial charge in [-0.1, -0.05) is 163 Å². The molecule has 0 atom stereocenters. The van der Waals surface area contributed by atoms with Gasteiger partial charge in [0, 0.05) is 11.1 Å². The molecule has 4 heteroatoms. The number of Topliss-reactive ketones (excluding diaryl/α,β-unsaturated/α-hetero) is 1. The van der Waals surface area contributed by atoms with E-state index in [9.17, 15) is 9.59 Å². The lowest BCUT2D eigenvalue weighted by atomic mass is 10.1. The molecule has 1 N–H and O–H groups in total. The molecule has 4 nitrogen and oxygen atoms in total. The maximum atomic E-state index is 10.8. The molecule has 2 aromatic rings. The molecule has 0 amide bonds. The second kappa shape index (κ2) is 48.9. The summed E-state index contributed by atoms with van der Waals surface area (Å²) in [5.74, 6) is 1.68. The molecule has 0 bridgehead atoms. The van der Waals surface area contributed by atoms with E-state index in [1.807, 2.05) is 119 Å². The zero-order valence-electron chi connectivity index (χ0n) is 31.4. The second-order valence-electron chi connectivity index (χ2n) is 8.99. The lowest BCUT2D eigenvalue weighted by Crippen LogP contribution is -1.90. The third-order valence-electron chi connectivity index (χ3n) is 4.53. The monoisotopic (exact) mass is 605 g/mol. The van der Waals surface area contributed by atoms with Crippen LogP contribution in [0.1, 0.15) is 149 Å². The first kappa shape index (κ1) is 56.0. The molecule has 0 radical (unpaired) electrons. The van der Waals surface area contributed by atoms with Gasteiger partial charge in [0.25, 0.3) is 0 Å². The fourth-order valence-electron chi connectivity index (χ4n) is 2.18. The molecule has 2 aromatic carbocycles. The van der Waals surface area contributed by atoms with Crippen LogP contribution in [0.2, 0.25) is 0 Å². The number of aldehydes is 2. The Hall–Kier alpha value is -2.85. The molecule has 0 aliphatic heterocycles. The van der Waals surface area contributed by atoms with Crippen molar-refractivity contribution in [2.45, 2.75) is 131 Å². The van der Waals surface area contributed by atoms with Crippen LogP contribution in [0, 0.1) is 25.7 Å². The van der Waals surface area contributed by atoms with Gasteiger partial charge in [0.05, 0.1) is 6.61 Å². The quantitative estimate of drug-likeness (QED) is 0.202. The normalized spacial score (nSPS) is 7.91. The summed E-state index contributed by atoms with van der Waals surface area (Å²) >= 11 is 0. The number of aryl methyl sites for hydroxylation is 2. The highest BCUT2D eigenvalue weighted by molar-refractivity contribution is 5.94. The summed E-state index contributed by atoms with van der Waals surface area (Å²) in [6, 6.07) is 15.1. The first-order valence-corrected chi connectivity index (χ1v) is 16.1. The van der Waals surface area contributed by atoms with E-state index in [4.69, 9.17) is 9.90 Å². The van der Waals surface area contributed by atoms with Crippen LogP contribution < -0.4 is 0 Å². The maximum Gasteiger partial charge on any atom is 0.159 e. The van der Waals surface area contributed by atoms with E-state index in [1.165, 1.54) is 18.4 Å². The van der Waals surface area contributed by atoms with E-state index in [-0.39, 0.29) is 12.4 Å². The van der Waals surface area contributed by atoms with Gasteiger partial charge in [0.2, 0.25) is 0 Å². The van der Waals surface area contributed by atoms with Gasteiger partial charge in [-0.3, -0.25) is 9.59 Å². The summed E-state index contributed by atoms with van der Waals surface area (Å²) in [6.45, 7) is 38.0. The minimum atomic E-state index is -0.361. The van der Waals surface area contributed by atoms with Gasteiger partial charge in [0.1, 0.15) is 12.6 Å². The smallest absolute Gasteiger partial charge is 0.159 e. The van der Waals surface area contributed by atoms with Crippen LogP contribution in [0.3, 0.4) is 0 Å². The van der Waals surface area contributed by atoms with Crippen molar-refractivity contribution in [3.8, 4) is 0 Å². The Balaban J connectivity index is -0.0000000729. The Morgan fingerprint density at radius 3 is 1.33 bits per heavy atom. The lowest BCUT2D eigenvalue weighted by Gasteiger charge is -1.97. The van der Waals surface area contributed by atoms with Crippen LogP contribution in [0.25, 0.3) is 0 Å². The van der Waals surface area contributed by atoms with Crippen molar-refractivity contribution in [2.75, 3.05) is 6.61 Å². The highest BCUT2D eigenvalue weighted by atomic mass is 16.3. The second-order valence-corrected chi connectivity index (χ2v) is 8.99. The first-order valence-electron chi connectivity index (χ1n) is 16.1. The average Bonchev–Trinajstić information content (AvgIpc) is 3.02. The average molecular weight is 605 g/mol. The molecular formula is C39H72O4. The summed E-state index contributed by atoms with van der Waals surface area (Å²) in [4.78, 5) is 29.9. The first-order chi connectivity index (χ1) is 20.4. The molecule has 0 aliphatic carbocycles. The molecule has 2 rings (SSSR count). The number of ketones is 1. The van der Waals surface area contributed by atoms with Gasteiger partial charge in [-0.25, -0.2) is 0 Å². The predicted octanol–water partition coefficient (Wildman–Crippen LogP) is 11.9. The number of aliphatic hydroxyl groups is 1. The number of hydrogen-bond acceptors (Lipinski definition) is 4. The van der Waals surface area contributed by atoms with Crippen molar-refractivity contribution >= 4 is 18.4 Å². The van der Waals surface area contributed by atoms with Crippen molar-refractivity contribution in [1.29, 1.82) is 0 Å². The predicted molar refractivity (Wildman–Crippen MR) is 196 cm³/mol. The number of benzene rings is 2. The minimum Gasteiger partial charge on any atom is -0.389 e. The van der Waals surface area contributed by atoms with Gasteiger partial charge in [-0.05, 0) is 51.7 Å². The molecule has 43 heavy (non-hydrogen) atoms. The van der Waals surface area contributed by atoms with Crippen molar-refractivity contribution in [3.63, 3.8) is 0 Å². The largest absolute Gasteiger partial charge is 0.389 e. The number of carbonyl (C=O) groups excluding carboxylic acids is 3. The number of hydrogen-bond donors (Lipinski definition) is 1. The van der Waals surface area contributed by atoms with Crippen LogP contribution in [-0.4, -0.2) is 30.1 Å². The third kappa shape index (κ3) is 55.7. The molecule has 0 saturated heterocycles. The van der Waals surface area contributed by atoms with Gasteiger partial charge < -0.3 is 9.90 Å². The summed E-state index contributed by atoms with van der Waals surface area (Å²) in [6.07, 6.45) is 3.99. The maximum absolute atomic E-state index is 10.8. The van der Waals surface area contributed by atoms with Crippen molar-refractivity contribution < 1.29 is 19.5 Å².